The molecule has 0 bridgehead atoms. The van der Waals surface area contributed by atoms with Gasteiger partial charge >= 0.3 is 0 Å². The zero-order chi connectivity index (χ0) is 14.8. The van der Waals surface area contributed by atoms with Crippen LogP contribution < -0.4 is 10.5 Å². The molecular weight excluding hydrogens is 278 g/mol. The number of benzene rings is 1. The minimum absolute atomic E-state index is 0.0216. The lowest BCUT2D eigenvalue weighted by molar-refractivity contribution is -0.121. The standard InChI is InChI=1S/C13H19N3O3S/c1-16-8-2-3-10(9-16)13(17)15-11-4-6-12(7-5-11)20(14,18)19/h4-7,10H,2-3,8-9H2,1H3,(H,15,17)(H2,14,18,19)/t10-/m0/s1. The van der Waals surface area contributed by atoms with Crippen molar-refractivity contribution < 1.29 is 13.2 Å². The predicted octanol–water partition coefficient (Wildman–Crippen LogP) is 0.614. The van der Waals surface area contributed by atoms with Gasteiger partial charge in [-0.15, -0.1) is 0 Å². The fourth-order valence-electron chi connectivity index (χ4n) is 2.35. The van der Waals surface area contributed by atoms with Crippen molar-refractivity contribution in [2.75, 3.05) is 25.5 Å². The highest BCUT2D eigenvalue weighted by Gasteiger charge is 2.23. The molecule has 7 heteroatoms. The summed E-state index contributed by atoms with van der Waals surface area (Å²) in [4.78, 5) is 14.3. The molecule has 1 atom stereocenters. The molecule has 1 amide bonds. The predicted molar refractivity (Wildman–Crippen MR) is 76.7 cm³/mol. The molecule has 1 heterocycles. The van der Waals surface area contributed by atoms with E-state index in [-0.39, 0.29) is 16.7 Å². The van der Waals surface area contributed by atoms with E-state index in [1.807, 2.05) is 7.05 Å². The number of amides is 1. The van der Waals surface area contributed by atoms with Crippen LogP contribution in [-0.2, 0) is 14.8 Å². The Morgan fingerprint density at radius 1 is 1.35 bits per heavy atom. The first-order valence-electron chi connectivity index (χ1n) is 6.48. The summed E-state index contributed by atoms with van der Waals surface area (Å²) in [6, 6.07) is 5.87. The van der Waals surface area contributed by atoms with Gasteiger partial charge in [0.25, 0.3) is 0 Å². The first-order valence-corrected chi connectivity index (χ1v) is 8.03. The van der Waals surface area contributed by atoms with Gasteiger partial charge in [0.05, 0.1) is 10.8 Å². The summed E-state index contributed by atoms with van der Waals surface area (Å²) in [5, 5.41) is 7.83. The van der Waals surface area contributed by atoms with E-state index in [4.69, 9.17) is 5.14 Å². The van der Waals surface area contributed by atoms with Gasteiger partial charge in [0, 0.05) is 12.2 Å². The van der Waals surface area contributed by atoms with Crippen molar-refractivity contribution in [1.82, 2.24) is 4.90 Å². The lowest BCUT2D eigenvalue weighted by Gasteiger charge is -2.28. The highest BCUT2D eigenvalue weighted by atomic mass is 32.2. The van der Waals surface area contributed by atoms with Crippen LogP contribution in [-0.4, -0.2) is 39.4 Å². The van der Waals surface area contributed by atoms with Crippen LogP contribution in [0.3, 0.4) is 0 Å². The maximum Gasteiger partial charge on any atom is 0.238 e. The lowest BCUT2D eigenvalue weighted by Crippen LogP contribution is -2.38. The molecule has 0 radical (unpaired) electrons. The number of hydrogen-bond donors (Lipinski definition) is 2. The summed E-state index contributed by atoms with van der Waals surface area (Å²) in [7, 11) is -1.69. The van der Waals surface area contributed by atoms with Crippen LogP contribution in [0.5, 0.6) is 0 Å². The van der Waals surface area contributed by atoms with E-state index in [1.54, 1.807) is 12.1 Å². The van der Waals surface area contributed by atoms with E-state index in [9.17, 15) is 13.2 Å². The fourth-order valence-corrected chi connectivity index (χ4v) is 2.87. The average molecular weight is 297 g/mol. The van der Waals surface area contributed by atoms with Crippen molar-refractivity contribution in [2.45, 2.75) is 17.7 Å². The number of carbonyl (C=O) groups is 1. The summed E-state index contributed by atoms with van der Waals surface area (Å²) < 4.78 is 22.3. The number of rotatable bonds is 3. The van der Waals surface area contributed by atoms with Gasteiger partial charge in [-0.05, 0) is 50.7 Å². The molecular formula is C13H19N3O3S. The SMILES string of the molecule is CN1CCC[C@H](C(=O)Nc2ccc(S(N)(=O)=O)cc2)C1. The molecule has 20 heavy (non-hydrogen) atoms. The van der Waals surface area contributed by atoms with Gasteiger partial charge in [-0.3, -0.25) is 4.79 Å². The van der Waals surface area contributed by atoms with Crippen LogP contribution in [0.25, 0.3) is 0 Å². The van der Waals surface area contributed by atoms with Gasteiger partial charge in [0.2, 0.25) is 15.9 Å². The average Bonchev–Trinajstić information content (AvgIpc) is 2.38. The number of anilines is 1. The summed E-state index contributed by atoms with van der Waals surface area (Å²) in [6.45, 7) is 1.77. The molecule has 1 aromatic rings. The van der Waals surface area contributed by atoms with Crippen molar-refractivity contribution in [3.8, 4) is 0 Å². The molecule has 0 aromatic heterocycles. The quantitative estimate of drug-likeness (QED) is 0.855. The highest BCUT2D eigenvalue weighted by molar-refractivity contribution is 7.89. The second kappa shape index (κ2) is 5.90. The Kier molecular flexibility index (Phi) is 4.42. The number of likely N-dealkylation sites (tertiary alicyclic amines) is 1. The summed E-state index contributed by atoms with van der Waals surface area (Å²) in [5.74, 6) is -0.0495. The third-order valence-corrected chi connectivity index (χ3v) is 4.37. The van der Waals surface area contributed by atoms with Crippen molar-refractivity contribution in [3.05, 3.63) is 24.3 Å². The molecule has 1 aliphatic rings. The zero-order valence-corrected chi connectivity index (χ0v) is 12.2. The molecule has 2 rings (SSSR count). The second-order valence-corrected chi connectivity index (χ2v) is 6.72. The summed E-state index contributed by atoms with van der Waals surface area (Å²) in [5.41, 5.74) is 0.579. The number of piperidine rings is 1. The van der Waals surface area contributed by atoms with Gasteiger partial charge in [0.15, 0.2) is 0 Å². The molecule has 0 spiro atoms. The Morgan fingerprint density at radius 3 is 2.55 bits per heavy atom. The van der Waals surface area contributed by atoms with Gasteiger partial charge in [0.1, 0.15) is 0 Å². The van der Waals surface area contributed by atoms with E-state index in [0.717, 1.165) is 25.9 Å². The molecule has 6 nitrogen and oxygen atoms in total. The monoisotopic (exact) mass is 297 g/mol. The third kappa shape index (κ3) is 3.78. The molecule has 0 unspecified atom stereocenters. The van der Waals surface area contributed by atoms with E-state index >= 15 is 0 Å². The molecule has 110 valence electrons. The maximum atomic E-state index is 12.1. The number of carbonyl (C=O) groups excluding carboxylic acids is 1. The Balaban J connectivity index is 2.01. The van der Waals surface area contributed by atoms with Crippen molar-refractivity contribution >= 4 is 21.6 Å². The number of primary sulfonamides is 1. The number of nitrogens with zero attached hydrogens (tertiary/aromatic N) is 1. The fraction of sp³-hybridized carbons (Fsp3) is 0.462. The first-order chi connectivity index (χ1) is 9.36. The molecule has 1 saturated heterocycles. The maximum absolute atomic E-state index is 12.1. The minimum Gasteiger partial charge on any atom is -0.326 e. The van der Waals surface area contributed by atoms with E-state index in [1.165, 1.54) is 12.1 Å². The van der Waals surface area contributed by atoms with Gasteiger partial charge in [-0.1, -0.05) is 0 Å². The Hall–Kier alpha value is -1.44. The lowest BCUT2D eigenvalue weighted by atomic mass is 9.97. The second-order valence-electron chi connectivity index (χ2n) is 5.16. The molecule has 1 aromatic carbocycles. The topological polar surface area (TPSA) is 92.5 Å². The van der Waals surface area contributed by atoms with Gasteiger partial charge in [-0.2, -0.15) is 0 Å². The van der Waals surface area contributed by atoms with Crippen LogP contribution in [0.15, 0.2) is 29.2 Å². The Labute approximate surface area is 119 Å². The van der Waals surface area contributed by atoms with Crippen LogP contribution in [0.4, 0.5) is 5.69 Å². The van der Waals surface area contributed by atoms with Crippen molar-refractivity contribution in [3.63, 3.8) is 0 Å². The number of sulfonamides is 1. The van der Waals surface area contributed by atoms with E-state index in [2.05, 4.69) is 10.2 Å². The summed E-state index contributed by atoms with van der Waals surface area (Å²) >= 11 is 0. The zero-order valence-electron chi connectivity index (χ0n) is 11.4. The molecule has 3 N–H and O–H groups in total. The van der Waals surface area contributed by atoms with Crippen molar-refractivity contribution in [1.29, 1.82) is 0 Å². The molecule has 1 aliphatic heterocycles. The third-order valence-electron chi connectivity index (χ3n) is 3.45. The van der Waals surface area contributed by atoms with Gasteiger partial charge in [-0.25, -0.2) is 13.6 Å². The number of hydrogen-bond acceptors (Lipinski definition) is 4. The largest absolute Gasteiger partial charge is 0.326 e. The smallest absolute Gasteiger partial charge is 0.238 e. The minimum atomic E-state index is -3.70. The van der Waals surface area contributed by atoms with Crippen LogP contribution in [0.2, 0.25) is 0 Å². The normalized spacial score (nSPS) is 20.6. The number of nitrogens with two attached hydrogens (primary N) is 1. The summed E-state index contributed by atoms with van der Waals surface area (Å²) in [6.07, 6.45) is 1.89. The van der Waals surface area contributed by atoms with Crippen LogP contribution >= 0.6 is 0 Å². The Morgan fingerprint density at radius 2 is 2.00 bits per heavy atom. The van der Waals surface area contributed by atoms with Crippen molar-refractivity contribution in [2.24, 2.45) is 11.1 Å². The van der Waals surface area contributed by atoms with E-state index < -0.39 is 10.0 Å². The number of nitrogens with one attached hydrogen (secondary N) is 1. The molecule has 0 aliphatic carbocycles. The first kappa shape index (κ1) is 15.0. The van der Waals surface area contributed by atoms with E-state index in [0.29, 0.717) is 5.69 Å². The highest BCUT2D eigenvalue weighted by Crippen LogP contribution is 2.18. The molecule has 1 fully saturated rings. The Bertz CT molecular complexity index is 583. The van der Waals surface area contributed by atoms with Crippen LogP contribution in [0.1, 0.15) is 12.8 Å². The van der Waals surface area contributed by atoms with Crippen LogP contribution in [0, 0.1) is 5.92 Å². The van der Waals surface area contributed by atoms with Gasteiger partial charge < -0.3 is 10.2 Å². The molecule has 0 saturated carbocycles.